The van der Waals surface area contributed by atoms with Gasteiger partial charge in [0, 0.05) is 5.75 Å². The molecule has 0 spiro atoms. The number of carbonyl (C=O) groups is 2. The predicted octanol–water partition coefficient (Wildman–Crippen LogP) is 1.41. The minimum atomic E-state index is -1.80. The molecule has 1 amide bonds. The van der Waals surface area contributed by atoms with Crippen molar-refractivity contribution in [2.24, 2.45) is 0 Å². The minimum Gasteiger partial charge on any atom is -0.503 e. The van der Waals surface area contributed by atoms with Gasteiger partial charge in [0.1, 0.15) is 6.04 Å². The summed E-state index contributed by atoms with van der Waals surface area (Å²) in [5.41, 5.74) is -0.907. The third kappa shape index (κ3) is 2.28. The molecule has 1 aromatic rings. The van der Waals surface area contributed by atoms with Crippen LogP contribution in [-0.2, 0) is 4.79 Å². The van der Waals surface area contributed by atoms with Gasteiger partial charge in [0.15, 0.2) is 17.4 Å². The molecule has 1 aromatic carbocycles. The normalized spacial score (nSPS) is 18.4. The van der Waals surface area contributed by atoms with Crippen LogP contribution in [0.2, 0.25) is 0 Å². The number of benzene rings is 1. The quantitative estimate of drug-likeness (QED) is 0.808. The fraction of sp³-hybridized carbons (Fsp3) is 0.273. The summed E-state index contributed by atoms with van der Waals surface area (Å²) in [5, 5.41) is 18.0. The van der Waals surface area contributed by atoms with E-state index in [1.807, 2.05) is 0 Å². The van der Waals surface area contributed by atoms with E-state index in [0.717, 1.165) is 16.7 Å². The molecular formula is C11H8F3NO4S. The number of hydrogen-bond donors (Lipinski definition) is 2. The molecule has 20 heavy (non-hydrogen) atoms. The van der Waals surface area contributed by atoms with Gasteiger partial charge in [-0.2, -0.15) is 4.39 Å². The summed E-state index contributed by atoms with van der Waals surface area (Å²) in [7, 11) is 0. The summed E-state index contributed by atoms with van der Waals surface area (Å²) in [6.07, 6.45) is 0. The van der Waals surface area contributed by atoms with Crippen molar-refractivity contribution in [3.05, 3.63) is 29.1 Å². The number of rotatable bonds is 2. The lowest BCUT2D eigenvalue weighted by Crippen LogP contribution is -2.42. The first-order valence-electron chi connectivity index (χ1n) is 5.32. The maximum absolute atomic E-state index is 13.6. The number of phenols is 1. The Morgan fingerprint density at radius 1 is 1.30 bits per heavy atom. The molecule has 1 heterocycles. The van der Waals surface area contributed by atoms with E-state index in [-0.39, 0.29) is 11.6 Å². The van der Waals surface area contributed by atoms with E-state index in [9.17, 15) is 22.8 Å². The third-order valence-electron chi connectivity index (χ3n) is 2.79. The summed E-state index contributed by atoms with van der Waals surface area (Å²) in [4.78, 5) is 23.8. The molecule has 108 valence electrons. The number of aromatic hydroxyl groups is 1. The Morgan fingerprint density at radius 2 is 1.95 bits per heavy atom. The second-order valence-electron chi connectivity index (χ2n) is 4.01. The third-order valence-corrected chi connectivity index (χ3v) is 3.80. The van der Waals surface area contributed by atoms with Gasteiger partial charge in [-0.05, 0) is 6.07 Å². The Hall–Kier alpha value is -1.90. The lowest BCUT2D eigenvalue weighted by molar-refractivity contribution is -0.140. The van der Waals surface area contributed by atoms with Crippen LogP contribution in [0.15, 0.2) is 6.07 Å². The molecule has 1 fully saturated rings. The molecule has 1 unspecified atom stereocenters. The molecule has 0 saturated carbocycles. The molecule has 9 heteroatoms. The molecule has 2 N–H and O–H groups in total. The maximum atomic E-state index is 13.6. The SMILES string of the molecule is O=C(O)C1CSCN1C(=O)c1cc(F)c(F)c(O)c1F. The molecule has 0 aliphatic carbocycles. The van der Waals surface area contributed by atoms with Crippen LogP contribution >= 0.6 is 11.8 Å². The van der Waals surface area contributed by atoms with Gasteiger partial charge in [-0.15, -0.1) is 11.8 Å². The van der Waals surface area contributed by atoms with Crippen LogP contribution in [0.5, 0.6) is 5.75 Å². The topological polar surface area (TPSA) is 77.8 Å². The number of hydrogen-bond acceptors (Lipinski definition) is 4. The van der Waals surface area contributed by atoms with Gasteiger partial charge < -0.3 is 15.1 Å². The number of thioether (sulfide) groups is 1. The van der Waals surface area contributed by atoms with Crippen LogP contribution in [0.4, 0.5) is 13.2 Å². The smallest absolute Gasteiger partial charge is 0.327 e. The molecule has 1 aliphatic heterocycles. The van der Waals surface area contributed by atoms with Crippen molar-refractivity contribution in [2.45, 2.75) is 6.04 Å². The van der Waals surface area contributed by atoms with Gasteiger partial charge >= 0.3 is 5.97 Å². The standard InChI is InChI=1S/C11H8F3NO4S/c12-5-1-4(7(13)9(16)8(5)14)10(17)15-3-20-2-6(15)11(18)19/h1,6,16H,2-3H2,(H,18,19). The molecule has 1 atom stereocenters. The highest BCUT2D eigenvalue weighted by atomic mass is 32.2. The summed E-state index contributed by atoms with van der Waals surface area (Å²) < 4.78 is 39.7. The van der Waals surface area contributed by atoms with E-state index >= 15 is 0 Å². The monoisotopic (exact) mass is 307 g/mol. The van der Waals surface area contributed by atoms with E-state index in [1.54, 1.807) is 0 Å². The summed E-state index contributed by atoms with van der Waals surface area (Å²) in [5.74, 6) is -8.92. The van der Waals surface area contributed by atoms with Crippen molar-refractivity contribution in [3.63, 3.8) is 0 Å². The molecular weight excluding hydrogens is 299 g/mol. The molecule has 1 saturated heterocycles. The number of carboxylic acid groups (broad SMARTS) is 1. The zero-order valence-electron chi connectivity index (χ0n) is 9.77. The maximum Gasteiger partial charge on any atom is 0.327 e. The van der Waals surface area contributed by atoms with Gasteiger partial charge in [-0.1, -0.05) is 0 Å². The van der Waals surface area contributed by atoms with Gasteiger partial charge in [0.25, 0.3) is 5.91 Å². The molecule has 0 aromatic heterocycles. The number of aliphatic carboxylic acids is 1. The molecule has 1 aliphatic rings. The Balaban J connectivity index is 2.42. The largest absolute Gasteiger partial charge is 0.503 e. The predicted molar refractivity (Wildman–Crippen MR) is 62.9 cm³/mol. The first-order valence-corrected chi connectivity index (χ1v) is 6.48. The van der Waals surface area contributed by atoms with Crippen molar-refractivity contribution in [2.75, 3.05) is 11.6 Å². The Bertz CT molecular complexity index is 596. The lowest BCUT2D eigenvalue weighted by atomic mass is 10.1. The summed E-state index contributed by atoms with van der Waals surface area (Å²) in [6.45, 7) is 0. The Morgan fingerprint density at radius 3 is 2.55 bits per heavy atom. The van der Waals surface area contributed by atoms with E-state index in [4.69, 9.17) is 10.2 Å². The zero-order valence-corrected chi connectivity index (χ0v) is 10.6. The Labute approximate surface area is 115 Å². The Kier molecular flexibility index (Phi) is 3.80. The minimum absolute atomic E-state index is 0.0189. The van der Waals surface area contributed by atoms with E-state index in [2.05, 4.69) is 0 Å². The second kappa shape index (κ2) is 5.23. The van der Waals surface area contributed by atoms with Gasteiger partial charge in [-0.3, -0.25) is 4.79 Å². The highest BCUT2D eigenvalue weighted by Gasteiger charge is 2.37. The van der Waals surface area contributed by atoms with Gasteiger partial charge in [0.2, 0.25) is 5.82 Å². The van der Waals surface area contributed by atoms with E-state index in [1.165, 1.54) is 0 Å². The van der Waals surface area contributed by atoms with Gasteiger partial charge in [0.05, 0.1) is 11.4 Å². The number of carbonyl (C=O) groups excluding carboxylic acids is 1. The highest BCUT2D eigenvalue weighted by Crippen LogP contribution is 2.29. The van der Waals surface area contributed by atoms with Crippen LogP contribution < -0.4 is 0 Å². The number of halogens is 3. The van der Waals surface area contributed by atoms with Crippen molar-refractivity contribution in [1.82, 2.24) is 4.90 Å². The number of amides is 1. The van der Waals surface area contributed by atoms with Crippen LogP contribution in [0.3, 0.4) is 0 Å². The van der Waals surface area contributed by atoms with Crippen LogP contribution in [0.1, 0.15) is 10.4 Å². The molecule has 0 radical (unpaired) electrons. The van der Waals surface area contributed by atoms with Crippen LogP contribution in [0.25, 0.3) is 0 Å². The number of carboxylic acids is 1. The van der Waals surface area contributed by atoms with Gasteiger partial charge in [-0.25, -0.2) is 13.6 Å². The van der Waals surface area contributed by atoms with Crippen molar-refractivity contribution in [1.29, 1.82) is 0 Å². The second-order valence-corrected chi connectivity index (χ2v) is 5.01. The van der Waals surface area contributed by atoms with Crippen molar-refractivity contribution >= 4 is 23.6 Å². The summed E-state index contributed by atoms with van der Waals surface area (Å²) in [6, 6.07) is -0.878. The molecule has 0 bridgehead atoms. The average Bonchev–Trinajstić information content (AvgIpc) is 2.89. The van der Waals surface area contributed by atoms with E-state index in [0.29, 0.717) is 6.07 Å². The summed E-state index contributed by atoms with van der Waals surface area (Å²) >= 11 is 1.13. The fourth-order valence-electron chi connectivity index (χ4n) is 1.75. The first-order chi connectivity index (χ1) is 9.34. The number of nitrogens with zero attached hydrogens (tertiary/aromatic N) is 1. The van der Waals surface area contributed by atoms with Crippen molar-refractivity contribution < 1.29 is 33.0 Å². The van der Waals surface area contributed by atoms with E-state index < -0.39 is 46.7 Å². The zero-order chi connectivity index (χ0) is 15.0. The molecule has 2 rings (SSSR count). The molecule has 5 nitrogen and oxygen atoms in total. The van der Waals surface area contributed by atoms with Crippen LogP contribution in [0, 0.1) is 17.5 Å². The van der Waals surface area contributed by atoms with Crippen LogP contribution in [-0.4, -0.2) is 44.7 Å². The first kappa shape index (κ1) is 14.5. The van der Waals surface area contributed by atoms with Crippen molar-refractivity contribution in [3.8, 4) is 5.75 Å². The fourth-order valence-corrected chi connectivity index (χ4v) is 2.89. The average molecular weight is 307 g/mol. The lowest BCUT2D eigenvalue weighted by Gasteiger charge is -2.20. The number of phenolic OH excluding ortho intramolecular Hbond substituents is 1. The highest BCUT2D eigenvalue weighted by molar-refractivity contribution is 7.99.